The third-order valence-electron chi connectivity index (χ3n) is 6.24. The molecule has 0 saturated heterocycles. The number of nitrogens with zero attached hydrogens (tertiary/aromatic N) is 1. The number of aliphatic hydroxyl groups excluding tert-OH is 1. The Morgan fingerprint density at radius 3 is 2.30 bits per heavy atom. The van der Waals surface area contributed by atoms with Crippen LogP contribution in [0.4, 0.5) is 27.6 Å². The topological polar surface area (TPSA) is 41.9 Å². The second kappa shape index (κ2) is 11.0. The van der Waals surface area contributed by atoms with Gasteiger partial charge >= 0.3 is 12.8 Å². The van der Waals surface area contributed by atoms with E-state index in [2.05, 4.69) is 4.74 Å². The molecular weight excluding hydrogens is 493 g/mol. The van der Waals surface area contributed by atoms with E-state index in [0.717, 1.165) is 16.7 Å². The van der Waals surface area contributed by atoms with Crippen molar-refractivity contribution in [3.8, 4) is 22.6 Å². The number of benzene rings is 3. The van der Waals surface area contributed by atoms with Crippen LogP contribution in [0.1, 0.15) is 37.4 Å². The lowest BCUT2D eigenvalue weighted by Crippen LogP contribution is -2.44. The number of hydrogen-bond donors (Lipinski definition) is 1. The van der Waals surface area contributed by atoms with Crippen molar-refractivity contribution in [3.05, 3.63) is 77.9 Å². The van der Waals surface area contributed by atoms with Crippen molar-refractivity contribution in [2.45, 2.75) is 57.7 Å². The van der Waals surface area contributed by atoms with E-state index < -0.39 is 31.5 Å². The number of halogens is 5. The highest BCUT2D eigenvalue weighted by atomic mass is 19.4. The average Bonchev–Trinajstić information content (AvgIpc) is 2.82. The number of aliphatic hydroxyl groups is 1. The molecule has 0 aromatic heterocycles. The number of fused-ring (bicyclic) bond motifs is 1. The number of rotatable bonds is 8. The Balaban J connectivity index is 1.77. The van der Waals surface area contributed by atoms with Gasteiger partial charge in [0, 0.05) is 5.69 Å². The van der Waals surface area contributed by atoms with E-state index in [1.54, 1.807) is 18.2 Å². The fraction of sp³-hybridized carbons (Fsp3) is 0.357. The van der Waals surface area contributed by atoms with E-state index in [1.165, 1.54) is 23.1 Å². The van der Waals surface area contributed by atoms with Gasteiger partial charge in [-0.2, -0.15) is 22.0 Å². The van der Waals surface area contributed by atoms with Gasteiger partial charge in [0.05, 0.1) is 18.7 Å². The molecule has 198 valence electrons. The lowest BCUT2D eigenvalue weighted by molar-refractivity contribution is -0.200. The molecule has 37 heavy (non-hydrogen) atoms. The minimum absolute atomic E-state index is 0.0233. The first-order valence-electron chi connectivity index (χ1n) is 12.0. The molecule has 3 aromatic carbocycles. The Morgan fingerprint density at radius 1 is 0.946 bits per heavy atom. The van der Waals surface area contributed by atoms with Gasteiger partial charge in [-0.25, -0.2) is 0 Å². The summed E-state index contributed by atoms with van der Waals surface area (Å²) in [5.41, 5.74) is 3.63. The molecule has 1 aliphatic rings. The van der Waals surface area contributed by atoms with Crippen molar-refractivity contribution in [1.82, 2.24) is 0 Å². The summed E-state index contributed by atoms with van der Waals surface area (Å²) in [5, 5.41) is 10.0. The van der Waals surface area contributed by atoms with Crippen LogP contribution in [0, 0.1) is 0 Å². The molecule has 0 saturated carbocycles. The molecular formula is C28H28F5NO3. The lowest BCUT2D eigenvalue weighted by Gasteiger charge is -2.41. The summed E-state index contributed by atoms with van der Waals surface area (Å²) in [6.45, 7) is 0.106. The summed E-state index contributed by atoms with van der Waals surface area (Å²) >= 11 is 0. The first-order valence-corrected chi connectivity index (χ1v) is 12.0. The van der Waals surface area contributed by atoms with Crippen molar-refractivity contribution in [3.63, 3.8) is 0 Å². The van der Waals surface area contributed by atoms with Gasteiger partial charge in [-0.1, -0.05) is 36.4 Å². The van der Waals surface area contributed by atoms with Crippen molar-refractivity contribution >= 4 is 5.69 Å². The van der Waals surface area contributed by atoms with Gasteiger partial charge in [0.1, 0.15) is 11.5 Å². The van der Waals surface area contributed by atoms with E-state index in [0.29, 0.717) is 29.8 Å². The molecule has 1 N–H and O–H groups in total. The molecule has 0 amide bonds. The first-order chi connectivity index (χ1) is 17.5. The number of hydrogen-bond acceptors (Lipinski definition) is 4. The number of β-amino-alcohol motifs (C(OH)–C–C–N with tert-alkyl or cyclic N) is 1. The second-order valence-corrected chi connectivity index (χ2v) is 9.21. The van der Waals surface area contributed by atoms with E-state index in [4.69, 9.17) is 4.74 Å². The summed E-state index contributed by atoms with van der Waals surface area (Å²) in [7, 11) is 0. The highest BCUT2D eigenvalue weighted by Crippen LogP contribution is 2.44. The van der Waals surface area contributed by atoms with Crippen LogP contribution >= 0.6 is 0 Å². The van der Waals surface area contributed by atoms with E-state index in [9.17, 15) is 27.1 Å². The summed E-state index contributed by atoms with van der Waals surface area (Å²) in [6.07, 6.45) is -6.49. The van der Waals surface area contributed by atoms with Crippen LogP contribution in [0.3, 0.4) is 0 Å². The Hall–Kier alpha value is -3.33. The van der Waals surface area contributed by atoms with Gasteiger partial charge in [0.25, 0.3) is 0 Å². The van der Waals surface area contributed by atoms with Crippen LogP contribution in [0.25, 0.3) is 11.1 Å². The average molecular weight is 522 g/mol. The van der Waals surface area contributed by atoms with Gasteiger partial charge in [0.2, 0.25) is 0 Å². The molecule has 0 aliphatic carbocycles. The van der Waals surface area contributed by atoms with Crippen LogP contribution in [-0.4, -0.2) is 36.6 Å². The highest BCUT2D eigenvalue weighted by Gasteiger charge is 2.41. The zero-order chi connectivity index (χ0) is 26.7. The molecule has 9 heteroatoms. The van der Waals surface area contributed by atoms with Crippen LogP contribution in [0.5, 0.6) is 11.5 Å². The number of ether oxygens (including phenoxy) is 2. The third-order valence-corrected chi connectivity index (χ3v) is 6.24. The van der Waals surface area contributed by atoms with E-state index in [-0.39, 0.29) is 11.9 Å². The highest BCUT2D eigenvalue weighted by molar-refractivity contribution is 5.76. The second-order valence-electron chi connectivity index (χ2n) is 9.21. The maximum Gasteiger partial charge on any atom is 0.416 e. The summed E-state index contributed by atoms with van der Waals surface area (Å²) in [5.74, 6) is 0.601. The van der Waals surface area contributed by atoms with Crippen molar-refractivity contribution in [2.24, 2.45) is 0 Å². The first kappa shape index (κ1) is 26.7. The minimum atomic E-state index is -4.82. The minimum Gasteiger partial charge on any atom is -0.491 e. The molecule has 2 unspecified atom stereocenters. The SMILES string of the molecule is CC(C)Oc1cccc(-c2cccc3c2CCC(c2cccc(OC(F)F)c2)N3CC(O)C(F)(F)F)c1. The van der Waals surface area contributed by atoms with Crippen molar-refractivity contribution in [1.29, 1.82) is 0 Å². The van der Waals surface area contributed by atoms with Gasteiger partial charge < -0.3 is 19.5 Å². The predicted molar refractivity (Wildman–Crippen MR) is 131 cm³/mol. The molecule has 2 atom stereocenters. The Kier molecular flexibility index (Phi) is 7.92. The molecule has 0 spiro atoms. The smallest absolute Gasteiger partial charge is 0.416 e. The Labute approximate surface area is 212 Å². The molecule has 0 radical (unpaired) electrons. The standard InChI is InChI=1S/C28H28F5NO3/c1-17(2)36-20-8-3-6-18(14-20)22-10-5-11-25-23(22)12-13-24(34(25)16-26(35)28(31,32)33)19-7-4-9-21(15-19)37-27(29)30/h3-11,14-15,17,24,26-27,35H,12-13,16H2,1-2H3. The number of anilines is 1. The maximum absolute atomic E-state index is 13.4. The molecule has 4 nitrogen and oxygen atoms in total. The zero-order valence-electron chi connectivity index (χ0n) is 20.4. The van der Waals surface area contributed by atoms with Crippen LogP contribution in [0.2, 0.25) is 0 Å². The Bertz CT molecular complexity index is 1210. The van der Waals surface area contributed by atoms with Crippen LogP contribution < -0.4 is 14.4 Å². The normalized spacial score (nSPS) is 16.6. The fourth-order valence-corrected chi connectivity index (χ4v) is 4.75. The summed E-state index contributed by atoms with van der Waals surface area (Å²) in [4.78, 5) is 1.51. The van der Waals surface area contributed by atoms with Gasteiger partial charge in [-0.15, -0.1) is 0 Å². The van der Waals surface area contributed by atoms with Gasteiger partial charge in [-0.05, 0) is 79.3 Å². The van der Waals surface area contributed by atoms with Gasteiger partial charge in [-0.3, -0.25) is 0 Å². The van der Waals surface area contributed by atoms with Crippen molar-refractivity contribution < 1.29 is 36.5 Å². The molecule has 0 fully saturated rings. The van der Waals surface area contributed by atoms with Gasteiger partial charge in [0.15, 0.2) is 6.10 Å². The zero-order valence-corrected chi connectivity index (χ0v) is 20.4. The molecule has 1 aliphatic heterocycles. The third kappa shape index (κ3) is 6.33. The van der Waals surface area contributed by atoms with E-state index >= 15 is 0 Å². The van der Waals surface area contributed by atoms with E-state index in [1.807, 2.05) is 44.2 Å². The quantitative estimate of drug-likeness (QED) is 0.320. The monoisotopic (exact) mass is 521 g/mol. The van der Waals surface area contributed by atoms with Crippen LogP contribution in [0.15, 0.2) is 66.7 Å². The predicted octanol–water partition coefficient (Wildman–Crippen LogP) is 7.16. The summed E-state index contributed by atoms with van der Waals surface area (Å²) < 4.78 is 76.1. The Morgan fingerprint density at radius 2 is 1.62 bits per heavy atom. The van der Waals surface area contributed by atoms with Crippen LogP contribution in [-0.2, 0) is 6.42 Å². The maximum atomic E-state index is 13.4. The largest absolute Gasteiger partial charge is 0.491 e. The lowest BCUT2D eigenvalue weighted by atomic mass is 9.86. The molecule has 4 rings (SSSR count). The van der Waals surface area contributed by atoms with Crippen molar-refractivity contribution in [2.75, 3.05) is 11.4 Å². The summed E-state index contributed by atoms with van der Waals surface area (Å²) in [6, 6.07) is 18.3. The molecule has 0 bridgehead atoms. The number of alkyl halides is 5. The molecule has 3 aromatic rings. The molecule has 1 heterocycles. The fourth-order valence-electron chi connectivity index (χ4n) is 4.75.